The van der Waals surface area contributed by atoms with Gasteiger partial charge in [-0.25, -0.2) is 14.5 Å². The van der Waals surface area contributed by atoms with E-state index in [2.05, 4.69) is 5.32 Å². The lowest BCUT2D eigenvalue weighted by molar-refractivity contribution is -0.122. The minimum Gasteiger partial charge on any atom is -0.465 e. The zero-order valence-corrected chi connectivity index (χ0v) is 18.9. The van der Waals surface area contributed by atoms with Gasteiger partial charge in [0.2, 0.25) is 0 Å². The molecule has 1 saturated heterocycles. The smallest absolute Gasteiger partial charge is 0.337 e. The fraction of sp³-hybridized carbons (Fsp3) is 0.154. The van der Waals surface area contributed by atoms with Crippen molar-refractivity contribution in [3.8, 4) is 11.3 Å². The van der Waals surface area contributed by atoms with E-state index in [4.69, 9.17) is 9.15 Å². The van der Waals surface area contributed by atoms with E-state index in [1.54, 1.807) is 42.5 Å². The lowest BCUT2D eigenvalue weighted by Crippen LogP contribution is -2.54. The molecule has 4 rings (SSSR count). The quantitative estimate of drug-likeness (QED) is 0.348. The Morgan fingerprint density at radius 1 is 1.06 bits per heavy atom. The normalized spacial score (nSPS) is 15.0. The van der Waals surface area contributed by atoms with Crippen LogP contribution in [0.1, 0.15) is 34.2 Å². The van der Waals surface area contributed by atoms with Crippen LogP contribution in [0.2, 0.25) is 0 Å². The zero-order valence-electron chi connectivity index (χ0n) is 18.9. The summed E-state index contributed by atoms with van der Waals surface area (Å²) in [6.07, 6.45) is 2.10. The van der Waals surface area contributed by atoms with E-state index in [9.17, 15) is 19.2 Å². The highest BCUT2D eigenvalue weighted by molar-refractivity contribution is 6.39. The number of hydrogen-bond donors (Lipinski definition) is 1. The number of nitrogens with one attached hydrogen (secondary N) is 1. The van der Waals surface area contributed by atoms with Crippen LogP contribution in [0.5, 0.6) is 0 Å². The van der Waals surface area contributed by atoms with Gasteiger partial charge in [-0.05, 0) is 66.9 Å². The summed E-state index contributed by atoms with van der Waals surface area (Å²) in [7, 11) is 1.30. The highest BCUT2D eigenvalue weighted by atomic mass is 16.5. The molecule has 2 heterocycles. The van der Waals surface area contributed by atoms with Gasteiger partial charge in [-0.1, -0.05) is 25.1 Å². The molecule has 0 radical (unpaired) electrons. The molecule has 1 aromatic heterocycles. The molecule has 0 saturated carbocycles. The average Bonchev–Trinajstić information content (AvgIpc) is 3.30. The van der Waals surface area contributed by atoms with Gasteiger partial charge in [-0.2, -0.15) is 0 Å². The van der Waals surface area contributed by atoms with Crippen molar-refractivity contribution in [2.75, 3.05) is 12.0 Å². The summed E-state index contributed by atoms with van der Waals surface area (Å²) in [4.78, 5) is 50.7. The number of urea groups is 1. The molecule has 0 unspecified atom stereocenters. The van der Waals surface area contributed by atoms with Crippen LogP contribution in [0.3, 0.4) is 0 Å². The second-order valence-electron chi connectivity index (χ2n) is 7.70. The number of carbonyl (C=O) groups excluding carboxylic acids is 4. The Kier molecular flexibility index (Phi) is 6.14. The first-order valence-corrected chi connectivity index (χ1v) is 10.6. The van der Waals surface area contributed by atoms with Crippen molar-refractivity contribution in [3.63, 3.8) is 0 Å². The predicted octanol–water partition coefficient (Wildman–Crippen LogP) is 4.27. The van der Waals surface area contributed by atoms with Crippen LogP contribution < -0.4 is 10.2 Å². The van der Waals surface area contributed by atoms with Gasteiger partial charge in [0, 0.05) is 5.56 Å². The topological polar surface area (TPSA) is 106 Å². The molecular formula is C26H22N2O6. The number of rotatable bonds is 5. The molecule has 172 valence electrons. The number of benzene rings is 2. The first-order chi connectivity index (χ1) is 16.3. The summed E-state index contributed by atoms with van der Waals surface area (Å²) in [5, 5.41) is 2.20. The number of esters is 1. The van der Waals surface area contributed by atoms with Gasteiger partial charge in [0.1, 0.15) is 17.1 Å². The third kappa shape index (κ3) is 4.25. The number of methoxy groups -OCH3 is 1. The minimum atomic E-state index is -0.813. The number of hydrogen-bond acceptors (Lipinski definition) is 6. The van der Waals surface area contributed by atoms with Crippen LogP contribution in [0.25, 0.3) is 17.4 Å². The first kappa shape index (κ1) is 22.7. The van der Waals surface area contributed by atoms with Crippen LogP contribution >= 0.6 is 0 Å². The largest absolute Gasteiger partial charge is 0.465 e. The molecule has 4 amide bonds. The van der Waals surface area contributed by atoms with Crippen molar-refractivity contribution in [2.45, 2.75) is 20.3 Å². The molecule has 0 aliphatic carbocycles. The lowest BCUT2D eigenvalue weighted by atomic mass is 10.0. The van der Waals surface area contributed by atoms with E-state index in [0.29, 0.717) is 22.6 Å². The van der Waals surface area contributed by atoms with Gasteiger partial charge >= 0.3 is 12.0 Å². The van der Waals surface area contributed by atoms with Gasteiger partial charge < -0.3 is 9.15 Å². The summed E-state index contributed by atoms with van der Waals surface area (Å²) in [5.41, 5.74) is 3.06. The van der Waals surface area contributed by atoms with E-state index in [-0.39, 0.29) is 11.3 Å². The average molecular weight is 458 g/mol. The molecule has 0 bridgehead atoms. The number of ether oxygens (including phenoxy) is 1. The summed E-state index contributed by atoms with van der Waals surface area (Å²) < 4.78 is 10.6. The second kappa shape index (κ2) is 9.19. The molecule has 8 heteroatoms. The Labute approximate surface area is 195 Å². The molecule has 1 aliphatic heterocycles. The SMILES string of the molecule is CCc1ccc(N2C(=O)NC(=O)/C(=C/c3ccc(-c4cc(C(=O)OC)ccc4C)o3)C2=O)cc1. The van der Waals surface area contributed by atoms with Gasteiger partial charge in [0.25, 0.3) is 11.8 Å². The first-order valence-electron chi connectivity index (χ1n) is 10.6. The molecule has 1 aliphatic rings. The van der Waals surface area contributed by atoms with E-state index in [1.807, 2.05) is 26.0 Å². The van der Waals surface area contributed by atoms with E-state index in [1.165, 1.54) is 13.2 Å². The molecule has 0 spiro atoms. The number of amides is 4. The van der Waals surface area contributed by atoms with E-state index >= 15 is 0 Å². The van der Waals surface area contributed by atoms with E-state index in [0.717, 1.165) is 22.4 Å². The third-order valence-electron chi connectivity index (χ3n) is 5.54. The second-order valence-corrected chi connectivity index (χ2v) is 7.70. The lowest BCUT2D eigenvalue weighted by Gasteiger charge is -2.26. The molecule has 34 heavy (non-hydrogen) atoms. The Balaban J connectivity index is 1.66. The number of nitrogens with zero attached hydrogens (tertiary/aromatic N) is 1. The predicted molar refractivity (Wildman–Crippen MR) is 125 cm³/mol. The van der Waals surface area contributed by atoms with Crippen molar-refractivity contribution < 1.29 is 28.3 Å². The summed E-state index contributed by atoms with van der Waals surface area (Å²) in [6, 6.07) is 14.5. The zero-order chi connectivity index (χ0) is 24.4. The Hall–Kier alpha value is -4.46. The van der Waals surface area contributed by atoms with Crippen LogP contribution in [0, 0.1) is 6.92 Å². The number of aryl methyl sites for hydroxylation is 2. The molecular weight excluding hydrogens is 436 g/mol. The minimum absolute atomic E-state index is 0.236. The molecule has 2 aromatic carbocycles. The highest BCUT2D eigenvalue weighted by Gasteiger charge is 2.37. The fourth-order valence-corrected chi connectivity index (χ4v) is 3.62. The third-order valence-corrected chi connectivity index (χ3v) is 5.54. The summed E-state index contributed by atoms with van der Waals surface area (Å²) in [5.74, 6) is -1.34. The fourth-order valence-electron chi connectivity index (χ4n) is 3.62. The molecule has 3 aromatic rings. The van der Waals surface area contributed by atoms with Crippen LogP contribution in [-0.2, 0) is 20.7 Å². The van der Waals surface area contributed by atoms with Crippen LogP contribution in [0.4, 0.5) is 10.5 Å². The van der Waals surface area contributed by atoms with Crippen molar-refractivity contribution in [1.82, 2.24) is 5.32 Å². The standard InChI is InChI=1S/C26H22N2O6/c1-4-16-6-9-18(10-7-16)28-24(30)21(23(29)27-26(28)32)14-19-11-12-22(34-19)20-13-17(25(31)33-3)8-5-15(20)2/h5-14H,4H2,1-3H3,(H,27,29,32)/b21-14-. The maximum Gasteiger partial charge on any atom is 0.337 e. The Bertz CT molecular complexity index is 1330. The Morgan fingerprint density at radius 3 is 2.47 bits per heavy atom. The van der Waals surface area contributed by atoms with Gasteiger partial charge in [0.15, 0.2) is 0 Å². The maximum atomic E-state index is 13.1. The van der Waals surface area contributed by atoms with Crippen LogP contribution in [-0.4, -0.2) is 30.9 Å². The summed E-state index contributed by atoms with van der Waals surface area (Å²) in [6.45, 7) is 3.86. The number of anilines is 1. The number of imide groups is 2. The van der Waals surface area contributed by atoms with Crippen molar-refractivity contribution in [1.29, 1.82) is 0 Å². The molecule has 8 nitrogen and oxygen atoms in total. The number of carbonyl (C=O) groups is 4. The maximum absolute atomic E-state index is 13.1. The van der Waals surface area contributed by atoms with Crippen molar-refractivity contribution in [3.05, 3.63) is 82.6 Å². The summed E-state index contributed by atoms with van der Waals surface area (Å²) >= 11 is 0. The van der Waals surface area contributed by atoms with Gasteiger partial charge in [0.05, 0.1) is 18.4 Å². The molecule has 0 atom stereocenters. The van der Waals surface area contributed by atoms with Gasteiger partial charge in [-0.15, -0.1) is 0 Å². The van der Waals surface area contributed by atoms with Crippen molar-refractivity contribution in [2.24, 2.45) is 0 Å². The highest BCUT2D eigenvalue weighted by Crippen LogP contribution is 2.29. The van der Waals surface area contributed by atoms with Gasteiger partial charge in [-0.3, -0.25) is 14.9 Å². The van der Waals surface area contributed by atoms with E-state index < -0.39 is 23.8 Å². The Morgan fingerprint density at radius 2 is 1.79 bits per heavy atom. The van der Waals surface area contributed by atoms with Crippen molar-refractivity contribution >= 4 is 35.6 Å². The number of barbiturate groups is 1. The molecule has 1 N–H and O–H groups in total. The molecule has 1 fully saturated rings. The van der Waals surface area contributed by atoms with Crippen LogP contribution in [0.15, 0.2) is 64.6 Å². The monoisotopic (exact) mass is 458 g/mol. The number of furan rings is 1.